The normalized spacial score (nSPS) is 22.0. The second kappa shape index (κ2) is 10.1. The number of aryl methyl sites for hydroxylation is 2. The molecule has 7 heteroatoms. The fourth-order valence-corrected chi connectivity index (χ4v) is 4.71. The number of likely N-dealkylation sites (tertiary alicyclic amines) is 1. The van der Waals surface area contributed by atoms with Gasteiger partial charge in [-0.3, -0.25) is 9.79 Å². The van der Waals surface area contributed by atoms with Crippen molar-refractivity contribution in [2.45, 2.75) is 78.2 Å². The maximum absolute atomic E-state index is 12.8. The molecule has 2 N–H and O–H groups in total. The van der Waals surface area contributed by atoms with Crippen LogP contribution in [0.5, 0.6) is 0 Å². The lowest BCUT2D eigenvalue weighted by Crippen LogP contribution is -2.45. The molecular formula is C22H37N5O2. The summed E-state index contributed by atoms with van der Waals surface area (Å²) >= 11 is 0. The number of aromatic nitrogens is 1. The number of hydrogen-bond acceptors (Lipinski definition) is 4. The lowest BCUT2D eigenvalue weighted by molar-refractivity contribution is -0.135. The van der Waals surface area contributed by atoms with Crippen molar-refractivity contribution in [2.75, 3.05) is 26.2 Å². The predicted molar refractivity (Wildman–Crippen MR) is 115 cm³/mol. The molecule has 1 aromatic heterocycles. The molecule has 29 heavy (non-hydrogen) atoms. The monoisotopic (exact) mass is 403 g/mol. The van der Waals surface area contributed by atoms with Crippen LogP contribution in [0.25, 0.3) is 0 Å². The summed E-state index contributed by atoms with van der Waals surface area (Å²) in [6.45, 7) is 11.3. The largest absolute Gasteiger partial charge is 0.361 e. The van der Waals surface area contributed by atoms with E-state index in [-0.39, 0.29) is 17.9 Å². The molecule has 0 aromatic carbocycles. The zero-order chi connectivity index (χ0) is 20.8. The van der Waals surface area contributed by atoms with Gasteiger partial charge in [0.05, 0.1) is 5.69 Å². The summed E-state index contributed by atoms with van der Waals surface area (Å²) in [6, 6.07) is 0.259. The van der Waals surface area contributed by atoms with E-state index in [1.54, 1.807) is 0 Å². The fraction of sp³-hybridized carbons (Fsp3) is 0.773. The predicted octanol–water partition coefficient (Wildman–Crippen LogP) is 3.13. The van der Waals surface area contributed by atoms with Gasteiger partial charge in [0.25, 0.3) is 0 Å². The molecule has 0 bridgehead atoms. The molecule has 3 rings (SSSR count). The Morgan fingerprint density at radius 3 is 2.69 bits per heavy atom. The number of guanidine groups is 1. The maximum Gasteiger partial charge on any atom is 0.225 e. The van der Waals surface area contributed by atoms with E-state index in [1.807, 2.05) is 13.8 Å². The molecule has 7 nitrogen and oxygen atoms in total. The molecule has 0 radical (unpaired) electrons. The third-order valence-electron chi connectivity index (χ3n) is 6.24. The van der Waals surface area contributed by atoms with Gasteiger partial charge < -0.3 is 20.1 Å². The quantitative estimate of drug-likeness (QED) is 0.563. The first-order valence-electron chi connectivity index (χ1n) is 11.3. The maximum atomic E-state index is 12.8. The number of nitrogens with one attached hydrogen (secondary N) is 2. The molecule has 1 aromatic rings. The van der Waals surface area contributed by atoms with Gasteiger partial charge in [0.2, 0.25) is 5.91 Å². The molecule has 2 atom stereocenters. The topological polar surface area (TPSA) is 82.8 Å². The minimum absolute atomic E-state index is 0.240. The standard InChI is InChI=1S/C22H37N5O2/c1-5-23-22(24-13-15(2)20-16(3)26-29-17(20)4)25-19-11-12-27(14-19)21(28)18-9-7-6-8-10-18/h15,18-19H,5-14H2,1-4H3,(H2,23,24,25). The van der Waals surface area contributed by atoms with Gasteiger partial charge in [0.15, 0.2) is 5.96 Å². The minimum Gasteiger partial charge on any atom is -0.361 e. The number of aliphatic imine (C=N–C) groups is 1. The summed E-state index contributed by atoms with van der Waals surface area (Å²) in [5.41, 5.74) is 2.09. The molecule has 162 valence electrons. The SMILES string of the molecule is CCNC(=NCC(C)c1c(C)noc1C)NC1CCN(C(=O)C2CCCCC2)C1. The van der Waals surface area contributed by atoms with Crippen LogP contribution in [0.15, 0.2) is 9.52 Å². The van der Waals surface area contributed by atoms with Gasteiger partial charge >= 0.3 is 0 Å². The number of rotatable bonds is 6. The summed E-state index contributed by atoms with van der Waals surface area (Å²) in [6.07, 6.45) is 6.79. The Labute approximate surface area is 174 Å². The Hall–Kier alpha value is -2.05. The molecular weight excluding hydrogens is 366 g/mol. The van der Waals surface area contributed by atoms with Crippen LogP contribution in [0.1, 0.15) is 75.3 Å². The Balaban J connectivity index is 1.54. The molecule has 1 amide bonds. The third kappa shape index (κ3) is 5.52. The number of amides is 1. The highest BCUT2D eigenvalue weighted by Gasteiger charge is 2.31. The number of carbonyl (C=O) groups is 1. The average molecular weight is 404 g/mol. The van der Waals surface area contributed by atoms with Crippen molar-refractivity contribution < 1.29 is 9.32 Å². The molecule has 1 saturated heterocycles. The Bertz CT molecular complexity index is 689. The van der Waals surface area contributed by atoms with Crippen LogP contribution in [-0.2, 0) is 4.79 Å². The van der Waals surface area contributed by atoms with Crippen molar-refractivity contribution in [3.63, 3.8) is 0 Å². The van der Waals surface area contributed by atoms with Gasteiger partial charge in [-0.15, -0.1) is 0 Å². The van der Waals surface area contributed by atoms with Crippen LogP contribution in [0.2, 0.25) is 0 Å². The van der Waals surface area contributed by atoms with Crippen molar-refractivity contribution >= 4 is 11.9 Å². The first-order valence-corrected chi connectivity index (χ1v) is 11.3. The van der Waals surface area contributed by atoms with Gasteiger partial charge in [-0.2, -0.15) is 0 Å². The summed E-state index contributed by atoms with van der Waals surface area (Å²) in [4.78, 5) is 19.7. The minimum atomic E-state index is 0.240. The van der Waals surface area contributed by atoms with Crippen molar-refractivity contribution in [2.24, 2.45) is 10.9 Å². The van der Waals surface area contributed by atoms with Crippen LogP contribution < -0.4 is 10.6 Å². The Morgan fingerprint density at radius 1 is 1.28 bits per heavy atom. The van der Waals surface area contributed by atoms with Crippen LogP contribution in [-0.4, -0.2) is 54.1 Å². The first kappa shape index (κ1) is 21.7. The first-order chi connectivity index (χ1) is 14.0. The Kier molecular flexibility index (Phi) is 7.56. The molecule has 1 saturated carbocycles. The summed E-state index contributed by atoms with van der Waals surface area (Å²) in [5.74, 6) is 2.55. The molecule has 2 aliphatic rings. The highest BCUT2D eigenvalue weighted by molar-refractivity contribution is 5.81. The Morgan fingerprint density at radius 2 is 2.03 bits per heavy atom. The second-order valence-electron chi connectivity index (χ2n) is 8.61. The van der Waals surface area contributed by atoms with E-state index in [2.05, 4.69) is 34.5 Å². The third-order valence-corrected chi connectivity index (χ3v) is 6.24. The van der Waals surface area contributed by atoms with Gasteiger partial charge in [0.1, 0.15) is 5.76 Å². The smallest absolute Gasteiger partial charge is 0.225 e. The highest BCUT2D eigenvalue weighted by atomic mass is 16.5. The van der Waals surface area contributed by atoms with E-state index >= 15 is 0 Å². The molecule has 1 aliphatic heterocycles. The molecule has 2 unspecified atom stereocenters. The zero-order valence-corrected chi connectivity index (χ0v) is 18.5. The second-order valence-corrected chi connectivity index (χ2v) is 8.61. The van der Waals surface area contributed by atoms with Crippen molar-refractivity contribution in [1.82, 2.24) is 20.7 Å². The van der Waals surface area contributed by atoms with Crippen molar-refractivity contribution in [3.8, 4) is 0 Å². The fourth-order valence-electron chi connectivity index (χ4n) is 4.71. The highest BCUT2D eigenvalue weighted by Crippen LogP contribution is 2.27. The number of hydrogen-bond donors (Lipinski definition) is 2. The van der Waals surface area contributed by atoms with E-state index in [4.69, 9.17) is 9.52 Å². The van der Waals surface area contributed by atoms with E-state index in [0.717, 1.165) is 61.9 Å². The number of nitrogens with zero attached hydrogens (tertiary/aromatic N) is 3. The van der Waals surface area contributed by atoms with Crippen LogP contribution >= 0.6 is 0 Å². The lowest BCUT2D eigenvalue weighted by Gasteiger charge is -2.26. The average Bonchev–Trinajstić information content (AvgIpc) is 3.32. The summed E-state index contributed by atoms with van der Waals surface area (Å²) < 4.78 is 5.30. The van der Waals surface area contributed by atoms with Crippen LogP contribution in [0, 0.1) is 19.8 Å². The van der Waals surface area contributed by atoms with Gasteiger partial charge in [0, 0.05) is 49.6 Å². The van der Waals surface area contributed by atoms with Crippen molar-refractivity contribution in [3.05, 3.63) is 17.0 Å². The lowest BCUT2D eigenvalue weighted by atomic mass is 9.88. The molecule has 1 aliphatic carbocycles. The molecule has 0 spiro atoms. The van der Waals surface area contributed by atoms with Gasteiger partial charge in [-0.25, -0.2) is 0 Å². The zero-order valence-electron chi connectivity index (χ0n) is 18.5. The van der Waals surface area contributed by atoms with E-state index in [0.29, 0.717) is 12.5 Å². The molecule has 2 heterocycles. The van der Waals surface area contributed by atoms with Crippen LogP contribution in [0.3, 0.4) is 0 Å². The van der Waals surface area contributed by atoms with E-state index in [9.17, 15) is 4.79 Å². The molecule has 2 fully saturated rings. The van der Waals surface area contributed by atoms with E-state index in [1.165, 1.54) is 19.3 Å². The van der Waals surface area contributed by atoms with Crippen molar-refractivity contribution in [1.29, 1.82) is 0 Å². The summed E-state index contributed by atoms with van der Waals surface area (Å²) in [5, 5.41) is 10.9. The van der Waals surface area contributed by atoms with Gasteiger partial charge in [-0.05, 0) is 40.0 Å². The summed E-state index contributed by atoms with van der Waals surface area (Å²) in [7, 11) is 0. The number of carbonyl (C=O) groups excluding carboxylic acids is 1. The van der Waals surface area contributed by atoms with Crippen LogP contribution in [0.4, 0.5) is 0 Å². The van der Waals surface area contributed by atoms with E-state index < -0.39 is 0 Å². The van der Waals surface area contributed by atoms with Gasteiger partial charge in [-0.1, -0.05) is 31.3 Å².